The fourth-order valence-electron chi connectivity index (χ4n) is 6.30. The topological polar surface area (TPSA) is 116 Å². The van der Waals surface area contributed by atoms with Crippen LogP contribution in [0.25, 0.3) is 0 Å². The number of benzene rings is 3. The number of aliphatic carboxylic acids is 1. The van der Waals surface area contributed by atoms with Gasteiger partial charge in [-0.2, -0.15) is 0 Å². The van der Waals surface area contributed by atoms with Crippen molar-refractivity contribution in [2.75, 3.05) is 52.6 Å². The van der Waals surface area contributed by atoms with Crippen LogP contribution in [0.1, 0.15) is 48.1 Å². The summed E-state index contributed by atoms with van der Waals surface area (Å²) in [6, 6.07) is 14.1. The van der Waals surface area contributed by atoms with Gasteiger partial charge < -0.3 is 34.1 Å². The smallest absolute Gasteiger partial charge is 0.309 e. The highest BCUT2D eigenvalue weighted by Crippen LogP contribution is 2.50. The Hall–Kier alpha value is -3.99. The molecule has 5 rings (SSSR count). The van der Waals surface area contributed by atoms with Gasteiger partial charge in [-0.3, -0.25) is 14.5 Å². The number of fused-ring (bicyclic) bond motifs is 1. The van der Waals surface area contributed by atoms with E-state index in [-0.39, 0.29) is 19.2 Å². The molecule has 1 unspecified atom stereocenters. The lowest BCUT2D eigenvalue weighted by Gasteiger charge is -2.27. The fourth-order valence-corrected chi connectivity index (χ4v) is 6.57. The molecule has 2 aliphatic heterocycles. The first-order chi connectivity index (χ1) is 21.8. The number of ether oxygens (including phenoxy) is 5. The maximum absolute atomic E-state index is 13.7. The van der Waals surface area contributed by atoms with Crippen molar-refractivity contribution in [2.24, 2.45) is 5.92 Å². The molecule has 0 bridgehead atoms. The van der Waals surface area contributed by atoms with Crippen molar-refractivity contribution in [1.29, 1.82) is 0 Å². The average molecular weight is 639 g/mol. The minimum atomic E-state index is -0.968. The molecular formula is C34H39ClN2O8. The quantitative estimate of drug-likeness (QED) is 0.227. The van der Waals surface area contributed by atoms with E-state index in [2.05, 4.69) is 5.32 Å². The SMILES string of the molecule is CCc1cc(Cl)cc(CC)c1NC(=O)CN1C[C@H](c2cc(OC)c3c(c2)OCO3)C(C(=O)O)[C@@H]1c1ccc(OCCOC)cc1. The number of methoxy groups -OCH3 is 2. The largest absolute Gasteiger partial charge is 0.493 e. The molecule has 1 amide bonds. The number of likely N-dealkylation sites (tertiary alicyclic amines) is 1. The molecule has 2 aliphatic rings. The molecule has 0 spiro atoms. The summed E-state index contributed by atoms with van der Waals surface area (Å²) in [6.07, 6.45) is 1.40. The molecule has 2 N–H and O–H groups in total. The van der Waals surface area contributed by atoms with Crippen LogP contribution in [0.2, 0.25) is 5.02 Å². The van der Waals surface area contributed by atoms with Gasteiger partial charge in [-0.25, -0.2) is 0 Å². The zero-order valence-electron chi connectivity index (χ0n) is 25.9. The average Bonchev–Trinajstić information content (AvgIpc) is 3.66. The Morgan fingerprint density at radius 2 is 1.71 bits per heavy atom. The molecule has 0 radical (unpaired) electrons. The summed E-state index contributed by atoms with van der Waals surface area (Å²) >= 11 is 6.35. The number of nitrogens with one attached hydrogen (secondary N) is 1. The Bertz CT molecular complexity index is 1500. The van der Waals surface area contributed by atoms with Crippen LogP contribution < -0.4 is 24.3 Å². The zero-order chi connectivity index (χ0) is 32.1. The summed E-state index contributed by atoms with van der Waals surface area (Å²) in [5.41, 5.74) is 4.15. The van der Waals surface area contributed by atoms with Crippen LogP contribution >= 0.6 is 11.6 Å². The third-order valence-corrected chi connectivity index (χ3v) is 8.63. The Morgan fingerprint density at radius 1 is 1.00 bits per heavy atom. The van der Waals surface area contributed by atoms with Gasteiger partial charge >= 0.3 is 5.97 Å². The molecule has 1 fully saturated rings. The number of hydrogen-bond acceptors (Lipinski definition) is 8. The summed E-state index contributed by atoms with van der Waals surface area (Å²) in [7, 11) is 3.14. The second kappa shape index (κ2) is 14.4. The van der Waals surface area contributed by atoms with Crippen molar-refractivity contribution in [1.82, 2.24) is 4.90 Å². The van der Waals surface area contributed by atoms with E-state index in [4.69, 9.17) is 35.3 Å². The number of carboxylic acid groups (broad SMARTS) is 1. The number of nitrogens with zero attached hydrogens (tertiary/aromatic N) is 1. The van der Waals surface area contributed by atoms with Crippen LogP contribution in [0.15, 0.2) is 48.5 Å². The molecular weight excluding hydrogens is 600 g/mol. The standard InChI is InChI=1S/C34H39ClN2O8/c1-5-20-13-24(35)14-21(6-2)31(20)36-29(38)18-37-17-26(23-15-27(42-4)33-28(16-23)44-19-45-33)30(34(39)40)32(37)22-7-9-25(10-8-22)43-12-11-41-3/h7-10,13-16,26,30,32H,5-6,11-12,17-19H2,1-4H3,(H,36,38)(H,39,40)/t26-,30?,32+/m1/s1. The third kappa shape index (κ3) is 6.98. The highest BCUT2D eigenvalue weighted by molar-refractivity contribution is 6.30. The van der Waals surface area contributed by atoms with Gasteiger partial charge in [0.2, 0.25) is 18.4 Å². The number of halogens is 1. The highest BCUT2D eigenvalue weighted by atomic mass is 35.5. The number of anilines is 1. The van der Waals surface area contributed by atoms with Gasteiger partial charge in [0.25, 0.3) is 0 Å². The van der Waals surface area contributed by atoms with Gasteiger partial charge in [-0.1, -0.05) is 37.6 Å². The zero-order valence-corrected chi connectivity index (χ0v) is 26.7. The summed E-state index contributed by atoms with van der Waals surface area (Å²) in [6.45, 7) is 5.21. The van der Waals surface area contributed by atoms with E-state index in [1.807, 2.05) is 61.2 Å². The lowest BCUT2D eigenvalue weighted by atomic mass is 9.82. The molecule has 3 atom stereocenters. The first kappa shape index (κ1) is 32.4. The minimum absolute atomic E-state index is 0.0202. The van der Waals surface area contributed by atoms with Gasteiger partial charge in [0, 0.05) is 36.3 Å². The molecule has 0 saturated carbocycles. The molecule has 10 nitrogen and oxygen atoms in total. The minimum Gasteiger partial charge on any atom is -0.493 e. The Kier molecular flexibility index (Phi) is 10.4. The lowest BCUT2D eigenvalue weighted by molar-refractivity contribution is -0.143. The second-order valence-corrected chi connectivity index (χ2v) is 11.5. The number of rotatable bonds is 13. The van der Waals surface area contributed by atoms with E-state index >= 15 is 0 Å². The molecule has 11 heteroatoms. The van der Waals surface area contributed by atoms with E-state index in [0.29, 0.717) is 60.6 Å². The number of carbonyl (C=O) groups is 2. The van der Waals surface area contributed by atoms with Gasteiger partial charge in [0.1, 0.15) is 12.4 Å². The lowest BCUT2D eigenvalue weighted by Crippen LogP contribution is -2.35. The Balaban J connectivity index is 1.50. The fraction of sp³-hybridized carbons (Fsp3) is 0.412. The highest BCUT2D eigenvalue weighted by Gasteiger charge is 2.48. The van der Waals surface area contributed by atoms with Crippen molar-refractivity contribution < 1.29 is 38.4 Å². The van der Waals surface area contributed by atoms with Gasteiger partial charge in [0.15, 0.2) is 11.5 Å². The first-order valence-electron chi connectivity index (χ1n) is 15.0. The number of hydrogen-bond donors (Lipinski definition) is 2. The van der Waals surface area contributed by atoms with Gasteiger partial charge in [0.05, 0.1) is 26.2 Å². The maximum atomic E-state index is 13.7. The van der Waals surface area contributed by atoms with Crippen LogP contribution in [-0.4, -0.2) is 69.2 Å². The van der Waals surface area contributed by atoms with Crippen molar-refractivity contribution in [2.45, 2.75) is 38.6 Å². The van der Waals surface area contributed by atoms with E-state index in [0.717, 1.165) is 27.9 Å². The molecule has 45 heavy (non-hydrogen) atoms. The number of aryl methyl sites for hydroxylation is 2. The number of amides is 1. The van der Waals surface area contributed by atoms with Crippen LogP contribution in [0.4, 0.5) is 5.69 Å². The first-order valence-corrected chi connectivity index (χ1v) is 15.4. The molecule has 1 saturated heterocycles. The summed E-state index contributed by atoms with van der Waals surface area (Å²) in [5.74, 6) is -0.459. The van der Waals surface area contributed by atoms with Crippen LogP contribution in [0.3, 0.4) is 0 Å². The van der Waals surface area contributed by atoms with Crippen molar-refractivity contribution in [3.05, 3.63) is 75.8 Å². The third-order valence-electron chi connectivity index (χ3n) is 8.41. The number of carboxylic acids is 1. The monoisotopic (exact) mass is 638 g/mol. The molecule has 0 aromatic heterocycles. The predicted octanol–water partition coefficient (Wildman–Crippen LogP) is 5.71. The Labute approximate surface area is 268 Å². The van der Waals surface area contributed by atoms with Crippen LogP contribution in [0.5, 0.6) is 23.0 Å². The van der Waals surface area contributed by atoms with Crippen LogP contribution in [0, 0.1) is 5.92 Å². The summed E-state index contributed by atoms with van der Waals surface area (Å²) in [5, 5.41) is 14.4. The van der Waals surface area contributed by atoms with E-state index < -0.39 is 23.8 Å². The van der Waals surface area contributed by atoms with Gasteiger partial charge in [-0.05, 0) is 71.5 Å². The predicted molar refractivity (Wildman–Crippen MR) is 170 cm³/mol. The van der Waals surface area contributed by atoms with Crippen LogP contribution in [-0.2, 0) is 27.2 Å². The summed E-state index contributed by atoms with van der Waals surface area (Å²) < 4.78 is 27.6. The normalized spacial score (nSPS) is 19.0. The van der Waals surface area contributed by atoms with E-state index in [1.165, 1.54) is 7.11 Å². The van der Waals surface area contributed by atoms with Crippen molar-refractivity contribution >= 4 is 29.2 Å². The van der Waals surface area contributed by atoms with Gasteiger partial charge in [-0.15, -0.1) is 0 Å². The Morgan fingerprint density at radius 3 is 2.33 bits per heavy atom. The molecule has 2 heterocycles. The molecule has 0 aliphatic carbocycles. The second-order valence-electron chi connectivity index (χ2n) is 11.1. The molecule has 3 aromatic rings. The molecule has 3 aromatic carbocycles. The number of carbonyl (C=O) groups excluding carboxylic acids is 1. The van der Waals surface area contributed by atoms with E-state index in [1.54, 1.807) is 13.2 Å². The van der Waals surface area contributed by atoms with Crippen molar-refractivity contribution in [3.8, 4) is 23.0 Å². The maximum Gasteiger partial charge on any atom is 0.309 e. The molecule has 240 valence electrons. The van der Waals surface area contributed by atoms with E-state index in [9.17, 15) is 14.7 Å². The van der Waals surface area contributed by atoms with Crippen molar-refractivity contribution in [3.63, 3.8) is 0 Å². The summed E-state index contributed by atoms with van der Waals surface area (Å²) in [4.78, 5) is 28.7.